The fraction of sp³-hybridized carbons (Fsp3) is 0.458. The third kappa shape index (κ3) is 8.84. The first-order valence-corrected chi connectivity index (χ1v) is 10.6. The first-order valence-electron chi connectivity index (χ1n) is 10.6. The fourth-order valence-electron chi connectivity index (χ4n) is 2.80. The highest BCUT2D eigenvalue weighted by Gasteiger charge is 2.09. The van der Waals surface area contributed by atoms with Crippen LogP contribution in [-0.4, -0.2) is 39.4 Å². The van der Waals surface area contributed by atoms with Crippen LogP contribution >= 0.6 is 0 Å². The Morgan fingerprint density at radius 1 is 1.00 bits per heavy atom. The van der Waals surface area contributed by atoms with E-state index in [4.69, 9.17) is 14.2 Å². The van der Waals surface area contributed by atoms with Gasteiger partial charge in [-0.15, -0.1) is 0 Å². The van der Waals surface area contributed by atoms with Crippen molar-refractivity contribution >= 4 is 11.6 Å². The molecule has 0 aliphatic heterocycles. The summed E-state index contributed by atoms with van der Waals surface area (Å²) in [6.45, 7) is 7.34. The summed E-state index contributed by atoms with van der Waals surface area (Å²) in [4.78, 5) is 12.1. The topological polar surface area (TPSA) is 68.8 Å². The van der Waals surface area contributed by atoms with Gasteiger partial charge in [0.25, 0.3) is 5.91 Å². The highest BCUT2D eigenvalue weighted by Crippen LogP contribution is 2.28. The molecule has 2 aromatic carbocycles. The van der Waals surface area contributed by atoms with E-state index in [1.54, 1.807) is 7.11 Å². The molecular formula is C24H34N2O4. The molecule has 0 fully saturated rings. The van der Waals surface area contributed by atoms with Gasteiger partial charge in [0.15, 0.2) is 18.1 Å². The average Bonchev–Trinajstić information content (AvgIpc) is 2.76. The predicted octanol–water partition coefficient (Wildman–Crippen LogP) is 4.32. The molecule has 6 heteroatoms. The number of aryl methyl sites for hydroxylation is 1. The largest absolute Gasteiger partial charge is 0.493 e. The van der Waals surface area contributed by atoms with Gasteiger partial charge < -0.3 is 24.8 Å². The van der Waals surface area contributed by atoms with Crippen molar-refractivity contribution in [2.45, 2.75) is 39.7 Å². The summed E-state index contributed by atoms with van der Waals surface area (Å²) in [7, 11) is 1.60. The second-order valence-corrected chi connectivity index (χ2v) is 7.18. The lowest BCUT2D eigenvalue weighted by molar-refractivity contribution is -0.118. The lowest BCUT2D eigenvalue weighted by Gasteiger charge is -2.13. The van der Waals surface area contributed by atoms with Gasteiger partial charge in [0.1, 0.15) is 0 Å². The minimum atomic E-state index is -0.215. The summed E-state index contributed by atoms with van der Waals surface area (Å²) >= 11 is 0. The number of ether oxygens (including phenoxy) is 3. The molecule has 0 aromatic heterocycles. The van der Waals surface area contributed by atoms with E-state index in [1.165, 1.54) is 0 Å². The SMILES string of the molecule is CCCCOCCCNCc1ccc(OCC(=O)Nc2ccc(C)cc2)c(OC)c1. The Hall–Kier alpha value is -2.57. The molecule has 0 aliphatic rings. The minimum Gasteiger partial charge on any atom is -0.493 e. The van der Waals surface area contributed by atoms with Crippen LogP contribution in [0.2, 0.25) is 0 Å². The maximum Gasteiger partial charge on any atom is 0.262 e. The van der Waals surface area contributed by atoms with Crippen LogP contribution in [0.15, 0.2) is 42.5 Å². The molecule has 0 saturated heterocycles. The van der Waals surface area contributed by atoms with Crippen LogP contribution < -0.4 is 20.1 Å². The van der Waals surface area contributed by atoms with Gasteiger partial charge in [0.05, 0.1) is 7.11 Å². The molecule has 30 heavy (non-hydrogen) atoms. The predicted molar refractivity (Wildman–Crippen MR) is 120 cm³/mol. The van der Waals surface area contributed by atoms with Crippen molar-refractivity contribution in [2.24, 2.45) is 0 Å². The molecule has 0 atom stereocenters. The number of benzene rings is 2. The number of carbonyl (C=O) groups is 1. The standard InChI is InChI=1S/C24H34N2O4/c1-4-5-14-29-15-6-13-25-17-20-9-12-22(23(16-20)28-3)30-18-24(27)26-21-10-7-19(2)8-11-21/h7-12,16,25H,4-6,13-15,17-18H2,1-3H3,(H,26,27). The summed E-state index contributed by atoms with van der Waals surface area (Å²) in [6, 6.07) is 13.4. The van der Waals surface area contributed by atoms with Gasteiger partial charge in [-0.05, 0) is 56.1 Å². The van der Waals surface area contributed by atoms with E-state index in [2.05, 4.69) is 17.6 Å². The Kier molecular flexibility index (Phi) is 10.8. The van der Waals surface area contributed by atoms with Crippen molar-refractivity contribution in [1.29, 1.82) is 0 Å². The molecule has 0 aliphatic carbocycles. The lowest BCUT2D eigenvalue weighted by atomic mass is 10.2. The van der Waals surface area contributed by atoms with E-state index in [1.807, 2.05) is 49.4 Å². The lowest BCUT2D eigenvalue weighted by Crippen LogP contribution is -2.20. The molecule has 2 aromatic rings. The van der Waals surface area contributed by atoms with E-state index in [-0.39, 0.29) is 12.5 Å². The Morgan fingerprint density at radius 3 is 2.50 bits per heavy atom. The van der Waals surface area contributed by atoms with Gasteiger partial charge in [-0.3, -0.25) is 4.79 Å². The van der Waals surface area contributed by atoms with Crippen LogP contribution in [0.25, 0.3) is 0 Å². The molecule has 0 unspecified atom stereocenters. The van der Waals surface area contributed by atoms with Crippen LogP contribution in [-0.2, 0) is 16.1 Å². The number of rotatable bonds is 14. The molecule has 0 heterocycles. The number of carbonyl (C=O) groups excluding carboxylic acids is 1. The first kappa shape index (κ1) is 23.7. The Bertz CT molecular complexity index is 762. The number of amides is 1. The number of hydrogen-bond acceptors (Lipinski definition) is 5. The summed E-state index contributed by atoms with van der Waals surface area (Å²) in [5.41, 5.74) is 2.98. The summed E-state index contributed by atoms with van der Waals surface area (Å²) in [5.74, 6) is 0.942. The summed E-state index contributed by atoms with van der Waals surface area (Å²) in [5, 5.41) is 6.22. The normalized spacial score (nSPS) is 10.6. The average molecular weight is 415 g/mol. The smallest absolute Gasteiger partial charge is 0.262 e. The van der Waals surface area contributed by atoms with E-state index in [0.717, 1.165) is 62.4 Å². The molecule has 2 rings (SSSR count). The van der Waals surface area contributed by atoms with Gasteiger partial charge in [0, 0.05) is 25.4 Å². The van der Waals surface area contributed by atoms with Gasteiger partial charge in [-0.1, -0.05) is 37.1 Å². The Balaban J connectivity index is 1.73. The van der Waals surface area contributed by atoms with Crippen LogP contribution in [0.3, 0.4) is 0 Å². The number of anilines is 1. The van der Waals surface area contributed by atoms with Crippen molar-refractivity contribution in [3.05, 3.63) is 53.6 Å². The quantitative estimate of drug-likeness (QED) is 0.451. The molecule has 164 valence electrons. The minimum absolute atomic E-state index is 0.0835. The van der Waals surface area contributed by atoms with Gasteiger partial charge in [0.2, 0.25) is 0 Å². The highest BCUT2D eigenvalue weighted by atomic mass is 16.5. The second-order valence-electron chi connectivity index (χ2n) is 7.18. The van der Waals surface area contributed by atoms with E-state index >= 15 is 0 Å². The maximum absolute atomic E-state index is 12.1. The highest BCUT2D eigenvalue weighted by molar-refractivity contribution is 5.91. The summed E-state index contributed by atoms with van der Waals surface area (Å²) in [6.07, 6.45) is 3.27. The molecule has 0 bridgehead atoms. The van der Waals surface area contributed by atoms with Crippen molar-refractivity contribution in [3.8, 4) is 11.5 Å². The van der Waals surface area contributed by atoms with Crippen molar-refractivity contribution in [2.75, 3.05) is 38.8 Å². The maximum atomic E-state index is 12.1. The third-order valence-electron chi connectivity index (χ3n) is 4.54. The monoisotopic (exact) mass is 414 g/mol. The zero-order valence-corrected chi connectivity index (χ0v) is 18.3. The molecular weight excluding hydrogens is 380 g/mol. The van der Waals surface area contributed by atoms with Crippen LogP contribution in [0.4, 0.5) is 5.69 Å². The fourth-order valence-corrected chi connectivity index (χ4v) is 2.80. The Morgan fingerprint density at radius 2 is 1.77 bits per heavy atom. The van der Waals surface area contributed by atoms with Gasteiger partial charge >= 0.3 is 0 Å². The van der Waals surface area contributed by atoms with Crippen molar-refractivity contribution in [1.82, 2.24) is 5.32 Å². The van der Waals surface area contributed by atoms with Gasteiger partial charge in [-0.2, -0.15) is 0 Å². The molecule has 6 nitrogen and oxygen atoms in total. The van der Waals surface area contributed by atoms with Crippen molar-refractivity contribution in [3.63, 3.8) is 0 Å². The van der Waals surface area contributed by atoms with E-state index in [0.29, 0.717) is 11.5 Å². The molecule has 0 radical (unpaired) electrons. The molecule has 0 spiro atoms. The zero-order chi connectivity index (χ0) is 21.6. The molecule has 2 N–H and O–H groups in total. The first-order chi connectivity index (χ1) is 14.6. The van der Waals surface area contributed by atoms with Crippen LogP contribution in [0.1, 0.15) is 37.3 Å². The van der Waals surface area contributed by atoms with Crippen LogP contribution in [0.5, 0.6) is 11.5 Å². The number of hydrogen-bond donors (Lipinski definition) is 2. The van der Waals surface area contributed by atoms with Crippen LogP contribution in [0, 0.1) is 6.92 Å². The number of unbranched alkanes of at least 4 members (excludes halogenated alkanes) is 1. The van der Waals surface area contributed by atoms with E-state index < -0.39 is 0 Å². The van der Waals surface area contributed by atoms with Gasteiger partial charge in [-0.25, -0.2) is 0 Å². The van der Waals surface area contributed by atoms with Crippen molar-refractivity contribution < 1.29 is 19.0 Å². The number of methoxy groups -OCH3 is 1. The summed E-state index contributed by atoms with van der Waals surface area (Å²) < 4.78 is 16.6. The zero-order valence-electron chi connectivity index (χ0n) is 18.3. The third-order valence-corrected chi connectivity index (χ3v) is 4.54. The molecule has 0 saturated carbocycles. The Labute approximate surface area is 179 Å². The van der Waals surface area contributed by atoms with E-state index in [9.17, 15) is 4.79 Å². The number of nitrogens with one attached hydrogen (secondary N) is 2. The molecule has 1 amide bonds. The second kappa shape index (κ2) is 13.6.